The Hall–Kier alpha value is -1.40. The van der Waals surface area contributed by atoms with E-state index in [-0.39, 0.29) is 23.5 Å². The highest BCUT2D eigenvalue weighted by atomic mass is 32.2. The molecule has 0 radical (unpaired) electrons. The van der Waals surface area contributed by atoms with Gasteiger partial charge in [-0.3, -0.25) is 4.79 Å². The Morgan fingerprint density at radius 1 is 1.33 bits per heavy atom. The van der Waals surface area contributed by atoms with E-state index in [9.17, 15) is 13.2 Å². The number of aliphatic hydroxyl groups excluding tert-OH is 1. The van der Waals surface area contributed by atoms with Crippen LogP contribution in [0.2, 0.25) is 0 Å². The van der Waals surface area contributed by atoms with Crippen molar-refractivity contribution in [3.05, 3.63) is 29.8 Å². The number of sulfone groups is 1. The maximum absolute atomic E-state index is 11.7. The quantitative estimate of drug-likeness (QED) is 0.821. The number of carbonyl (C=O) groups is 1. The lowest BCUT2D eigenvalue weighted by Gasteiger charge is -2.12. The molecule has 1 aromatic carbocycles. The highest BCUT2D eigenvalue weighted by Crippen LogP contribution is 2.10. The van der Waals surface area contributed by atoms with Crippen molar-refractivity contribution in [2.75, 3.05) is 12.9 Å². The minimum atomic E-state index is -3.24. The van der Waals surface area contributed by atoms with Crippen LogP contribution >= 0.6 is 0 Å². The minimum Gasteiger partial charge on any atom is -0.396 e. The van der Waals surface area contributed by atoms with Gasteiger partial charge in [0.2, 0.25) is 0 Å². The molecular weight excluding hydrogens is 254 g/mol. The Morgan fingerprint density at radius 2 is 1.89 bits per heavy atom. The third-order valence-electron chi connectivity index (χ3n) is 2.48. The molecule has 1 unspecified atom stereocenters. The maximum Gasteiger partial charge on any atom is 0.251 e. The van der Waals surface area contributed by atoms with Crippen molar-refractivity contribution in [1.29, 1.82) is 0 Å². The molecule has 100 valence electrons. The second-order valence-corrected chi connectivity index (χ2v) is 6.20. The normalized spacial score (nSPS) is 13.1. The van der Waals surface area contributed by atoms with Crippen molar-refractivity contribution >= 4 is 15.7 Å². The fourth-order valence-corrected chi connectivity index (χ4v) is 2.06. The van der Waals surface area contributed by atoms with Crippen molar-refractivity contribution < 1.29 is 18.3 Å². The van der Waals surface area contributed by atoms with Gasteiger partial charge in [0.1, 0.15) is 0 Å². The SMILES string of the molecule is CC(CCO)NC(=O)c1ccc(S(C)(=O)=O)cc1. The zero-order valence-corrected chi connectivity index (χ0v) is 11.2. The summed E-state index contributed by atoms with van der Waals surface area (Å²) in [6.45, 7) is 1.80. The second kappa shape index (κ2) is 5.97. The van der Waals surface area contributed by atoms with E-state index in [1.165, 1.54) is 24.3 Å². The summed E-state index contributed by atoms with van der Waals surface area (Å²) in [5.74, 6) is -0.281. The van der Waals surface area contributed by atoms with Crippen molar-refractivity contribution in [3.63, 3.8) is 0 Å². The molecule has 1 rings (SSSR count). The standard InChI is InChI=1S/C12H17NO4S/c1-9(7-8-14)13-12(15)10-3-5-11(6-4-10)18(2,16)17/h3-6,9,14H,7-8H2,1-2H3,(H,13,15). The van der Waals surface area contributed by atoms with Gasteiger partial charge in [-0.15, -0.1) is 0 Å². The van der Waals surface area contributed by atoms with Crippen LogP contribution in [0.25, 0.3) is 0 Å². The maximum atomic E-state index is 11.7. The van der Waals surface area contributed by atoms with E-state index in [2.05, 4.69) is 5.32 Å². The lowest BCUT2D eigenvalue weighted by atomic mass is 10.2. The summed E-state index contributed by atoms with van der Waals surface area (Å²) in [6, 6.07) is 5.62. The number of amides is 1. The van der Waals surface area contributed by atoms with Gasteiger partial charge in [0.15, 0.2) is 9.84 Å². The van der Waals surface area contributed by atoms with Gasteiger partial charge in [-0.05, 0) is 37.6 Å². The molecule has 18 heavy (non-hydrogen) atoms. The van der Waals surface area contributed by atoms with Crippen molar-refractivity contribution in [1.82, 2.24) is 5.32 Å². The molecule has 1 atom stereocenters. The Kier molecular flexibility index (Phi) is 4.86. The van der Waals surface area contributed by atoms with Crippen molar-refractivity contribution in [2.45, 2.75) is 24.3 Å². The first-order valence-electron chi connectivity index (χ1n) is 5.56. The number of aliphatic hydroxyl groups is 1. The van der Waals surface area contributed by atoms with Crippen LogP contribution in [0.1, 0.15) is 23.7 Å². The third-order valence-corrected chi connectivity index (χ3v) is 3.61. The van der Waals surface area contributed by atoms with E-state index in [0.29, 0.717) is 12.0 Å². The molecule has 0 saturated carbocycles. The zero-order valence-electron chi connectivity index (χ0n) is 10.4. The molecular formula is C12H17NO4S. The van der Waals surface area contributed by atoms with Gasteiger partial charge < -0.3 is 10.4 Å². The highest BCUT2D eigenvalue weighted by molar-refractivity contribution is 7.90. The minimum absolute atomic E-state index is 0.00840. The monoisotopic (exact) mass is 271 g/mol. The molecule has 5 nitrogen and oxygen atoms in total. The van der Waals surface area contributed by atoms with Crippen LogP contribution in [0.15, 0.2) is 29.2 Å². The lowest BCUT2D eigenvalue weighted by Crippen LogP contribution is -2.33. The van der Waals surface area contributed by atoms with E-state index in [1.54, 1.807) is 6.92 Å². The summed E-state index contributed by atoms with van der Waals surface area (Å²) in [7, 11) is -3.24. The number of hydrogen-bond acceptors (Lipinski definition) is 4. The second-order valence-electron chi connectivity index (χ2n) is 4.18. The molecule has 0 heterocycles. The molecule has 0 aliphatic rings. The Morgan fingerprint density at radius 3 is 2.33 bits per heavy atom. The number of rotatable bonds is 5. The van der Waals surface area contributed by atoms with Crippen molar-refractivity contribution in [2.24, 2.45) is 0 Å². The van der Waals surface area contributed by atoms with Crippen LogP contribution in [0.4, 0.5) is 0 Å². The smallest absolute Gasteiger partial charge is 0.251 e. The average Bonchev–Trinajstić information content (AvgIpc) is 2.28. The van der Waals surface area contributed by atoms with Crippen LogP contribution in [0.5, 0.6) is 0 Å². The number of benzene rings is 1. The summed E-state index contributed by atoms with van der Waals surface area (Å²) in [5.41, 5.74) is 0.396. The Bertz CT molecular complexity index is 507. The van der Waals surface area contributed by atoms with Crippen LogP contribution in [0.3, 0.4) is 0 Å². The average molecular weight is 271 g/mol. The van der Waals surface area contributed by atoms with E-state index >= 15 is 0 Å². The van der Waals surface area contributed by atoms with Crippen molar-refractivity contribution in [3.8, 4) is 0 Å². The van der Waals surface area contributed by atoms with Gasteiger partial charge >= 0.3 is 0 Å². The van der Waals surface area contributed by atoms with Gasteiger partial charge in [-0.25, -0.2) is 8.42 Å². The van der Waals surface area contributed by atoms with Gasteiger partial charge in [-0.1, -0.05) is 0 Å². The molecule has 0 aliphatic carbocycles. The molecule has 2 N–H and O–H groups in total. The molecule has 6 heteroatoms. The molecule has 0 aliphatic heterocycles. The number of carbonyl (C=O) groups excluding carboxylic acids is 1. The van der Waals surface area contributed by atoms with E-state index in [0.717, 1.165) is 6.26 Å². The number of nitrogens with one attached hydrogen (secondary N) is 1. The highest BCUT2D eigenvalue weighted by Gasteiger charge is 2.11. The first-order chi connectivity index (χ1) is 8.34. The van der Waals surface area contributed by atoms with E-state index in [4.69, 9.17) is 5.11 Å². The summed E-state index contributed by atoms with van der Waals surface area (Å²) in [6.07, 6.45) is 1.60. The fourth-order valence-electron chi connectivity index (χ4n) is 1.43. The zero-order chi connectivity index (χ0) is 13.8. The van der Waals surface area contributed by atoms with E-state index < -0.39 is 9.84 Å². The molecule has 1 aromatic rings. The predicted molar refractivity (Wildman–Crippen MR) is 68.2 cm³/mol. The molecule has 1 amide bonds. The molecule has 0 aromatic heterocycles. The van der Waals surface area contributed by atoms with Crippen LogP contribution in [-0.4, -0.2) is 38.3 Å². The molecule has 0 saturated heterocycles. The fraction of sp³-hybridized carbons (Fsp3) is 0.417. The molecule has 0 bridgehead atoms. The largest absolute Gasteiger partial charge is 0.396 e. The van der Waals surface area contributed by atoms with Gasteiger partial charge in [0, 0.05) is 24.5 Å². The first-order valence-corrected chi connectivity index (χ1v) is 7.45. The van der Waals surface area contributed by atoms with Crippen LogP contribution < -0.4 is 5.32 Å². The summed E-state index contributed by atoms with van der Waals surface area (Å²) in [5, 5.41) is 11.4. The molecule has 0 spiro atoms. The first kappa shape index (κ1) is 14.7. The Labute approximate surface area is 107 Å². The topological polar surface area (TPSA) is 83.5 Å². The summed E-state index contributed by atoms with van der Waals surface area (Å²) < 4.78 is 22.5. The van der Waals surface area contributed by atoms with Crippen LogP contribution in [0, 0.1) is 0 Å². The van der Waals surface area contributed by atoms with Gasteiger partial charge in [-0.2, -0.15) is 0 Å². The number of hydrogen-bond donors (Lipinski definition) is 2. The summed E-state index contributed by atoms with van der Waals surface area (Å²) >= 11 is 0. The third kappa shape index (κ3) is 4.12. The summed E-state index contributed by atoms with van der Waals surface area (Å²) in [4.78, 5) is 11.9. The van der Waals surface area contributed by atoms with Gasteiger partial charge in [0.05, 0.1) is 4.90 Å². The van der Waals surface area contributed by atoms with Crippen LogP contribution in [-0.2, 0) is 9.84 Å². The molecule has 0 fully saturated rings. The lowest BCUT2D eigenvalue weighted by molar-refractivity contribution is 0.0934. The van der Waals surface area contributed by atoms with Gasteiger partial charge in [0.25, 0.3) is 5.91 Å². The van der Waals surface area contributed by atoms with E-state index in [1.807, 2.05) is 0 Å². The predicted octanol–water partition coefficient (Wildman–Crippen LogP) is 0.591. The Balaban J connectivity index is 2.77.